The van der Waals surface area contributed by atoms with E-state index in [1.54, 1.807) is 30.3 Å². The van der Waals surface area contributed by atoms with Gasteiger partial charge < -0.3 is 15.3 Å². The second-order valence-corrected chi connectivity index (χ2v) is 6.89. The van der Waals surface area contributed by atoms with Crippen molar-refractivity contribution in [2.45, 2.75) is 25.3 Å². The van der Waals surface area contributed by atoms with Crippen LogP contribution in [-0.4, -0.2) is 41.0 Å². The number of phenolic OH excluding ortho intramolecular Hbond substituents is 1. The molecule has 0 aliphatic carbocycles. The lowest BCUT2D eigenvalue weighted by atomic mass is 10.0. The van der Waals surface area contributed by atoms with E-state index < -0.39 is 0 Å². The fourth-order valence-electron chi connectivity index (χ4n) is 3.09. The van der Waals surface area contributed by atoms with Gasteiger partial charge in [0.1, 0.15) is 5.75 Å². The number of amides is 2. The number of carbonyl (C=O) groups is 2. The molecule has 0 bridgehead atoms. The Kier molecular flexibility index (Phi) is 5.78. The van der Waals surface area contributed by atoms with Crippen LogP contribution in [0.4, 0.5) is 0 Å². The molecule has 0 saturated carbocycles. The molecule has 0 spiro atoms. The van der Waals surface area contributed by atoms with E-state index >= 15 is 0 Å². The maximum atomic E-state index is 12.4. The summed E-state index contributed by atoms with van der Waals surface area (Å²) in [6.45, 7) is 1.22. The minimum Gasteiger partial charge on any atom is -0.507 e. The number of hydrogen-bond donors (Lipinski definition) is 2. The molecule has 1 saturated heterocycles. The fraction of sp³-hybridized carbons (Fsp3) is 0.300. The third kappa shape index (κ3) is 4.55. The number of nitrogens with zero attached hydrogens (tertiary/aromatic N) is 1. The molecular weight excluding hydrogens is 352 g/mol. The summed E-state index contributed by atoms with van der Waals surface area (Å²) < 4.78 is 0. The molecular formula is C20H21ClN2O3. The first kappa shape index (κ1) is 18.3. The number of carbonyl (C=O) groups excluding carboxylic acids is 2. The van der Waals surface area contributed by atoms with Crippen LogP contribution < -0.4 is 5.32 Å². The van der Waals surface area contributed by atoms with Gasteiger partial charge in [0.15, 0.2) is 0 Å². The van der Waals surface area contributed by atoms with Gasteiger partial charge in [-0.1, -0.05) is 35.9 Å². The second kappa shape index (κ2) is 8.23. The predicted molar refractivity (Wildman–Crippen MR) is 100 cm³/mol. The average Bonchev–Trinajstić information content (AvgIpc) is 2.64. The van der Waals surface area contributed by atoms with Gasteiger partial charge in [-0.25, -0.2) is 0 Å². The highest BCUT2D eigenvalue weighted by molar-refractivity contribution is 6.30. The van der Waals surface area contributed by atoms with Crippen molar-refractivity contribution in [3.05, 3.63) is 64.7 Å². The van der Waals surface area contributed by atoms with Crippen LogP contribution in [0.15, 0.2) is 48.5 Å². The highest BCUT2D eigenvalue weighted by Gasteiger charge is 2.24. The van der Waals surface area contributed by atoms with E-state index in [9.17, 15) is 14.7 Å². The number of benzene rings is 2. The van der Waals surface area contributed by atoms with Crippen LogP contribution in [0, 0.1) is 0 Å². The van der Waals surface area contributed by atoms with Crippen molar-refractivity contribution < 1.29 is 14.7 Å². The molecule has 2 aromatic rings. The smallest absolute Gasteiger partial charge is 0.255 e. The second-order valence-electron chi connectivity index (χ2n) is 6.45. The number of hydrogen-bond acceptors (Lipinski definition) is 3. The molecule has 0 aromatic heterocycles. The molecule has 1 heterocycles. The van der Waals surface area contributed by atoms with Crippen molar-refractivity contribution in [1.29, 1.82) is 0 Å². The monoisotopic (exact) mass is 372 g/mol. The van der Waals surface area contributed by atoms with Crippen molar-refractivity contribution >= 4 is 23.4 Å². The molecule has 1 aliphatic rings. The van der Waals surface area contributed by atoms with Crippen LogP contribution >= 0.6 is 11.6 Å². The number of nitrogens with one attached hydrogen (secondary N) is 1. The van der Waals surface area contributed by atoms with Gasteiger partial charge in [0.05, 0.1) is 12.0 Å². The number of aromatic hydroxyl groups is 1. The van der Waals surface area contributed by atoms with Crippen molar-refractivity contribution in [1.82, 2.24) is 10.2 Å². The van der Waals surface area contributed by atoms with E-state index in [2.05, 4.69) is 5.32 Å². The van der Waals surface area contributed by atoms with Gasteiger partial charge in [0, 0.05) is 24.2 Å². The Balaban J connectivity index is 1.49. The molecule has 0 unspecified atom stereocenters. The largest absolute Gasteiger partial charge is 0.507 e. The number of likely N-dealkylation sites (tertiary alicyclic amines) is 1. The molecule has 2 amide bonds. The van der Waals surface area contributed by atoms with Crippen molar-refractivity contribution in [2.24, 2.45) is 0 Å². The third-order valence-corrected chi connectivity index (χ3v) is 4.85. The number of para-hydroxylation sites is 1. The lowest BCUT2D eigenvalue weighted by Crippen LogP contribution is -2.47. The van der Waals surface area contributed by atoms with Gasteiger partial charge in [0.25, 0.3) is 5.91 Å². The van der Waals surface area contributed by atoms with Gasteiger partial charge in [0.2, 0.25) is 5.91 Å². The summed E-state index contributed by atoms with van der Waals surface area (Å²) in [4.78, 5) is 26.5. The third-order valence-electron chi connectivity index (χ3n) is 4.60. The zero-order chi connectivity index (χ0) is 18.5. The highest BCUT2D eigenvalue weighted by atomic mass is 35.5. The van der Waals surface area contributed by atoms with Crippen molar-refractivity contribution in [3.63, 3.8) is 0 Å². The Morgan fingerprint density at radius 1 is 1.08 bits per heavy atom. The number of rotatable bonds is 4. The van der Waals surface area contributed by atoms with Gasteiger partial charge in [-0.05, 0) is 42.7 Å². The number of phenols is 1. The average molecular weight is 373 g/mol. The quantitative estimate of drug-likeness (QED) is 0.866. The van der Waals surface area contributed by atoms with Crippen LogP contribution in [0.25, 0.3) is 0 Å². The zero-order valence-corrected chi connectivity index (χ0v) is 15.1. The van der Waals surface area contributed by atoms with Crippen LogP contribution in [0.2, 0.25) is 5.02 Å². The number of halogens is 1. The maximum Gasteiger partial charge on any atom is 0.255 e. The van der Waals surface area contributed by atoms with Gasteiger partial charge in [-0.2, -0.15) is 0 Å². The molecule has 26 heavy (non-hydrogen) atoms. The summed E-state index contributed by atoms with van der Waals surface area (Å²) in [5.74, 6) is -0.229. The van der Waals surface area contributed by atoms with Crippen LogP contribution in [0.3, 0.4) is 0 Å². The van der Waals surface area contributed by atoms with Crippen LogP contribution in [0.5, 0.6) is 5.75 Å². The molecule has 1 aliphatic heterocycles. The Morgan fingerprint density at radius 2 is 1.73 bits per heavy atom. The molecule has 2 N–H and O–H groups in total. The molecule has 0 radical (unpaired) electrons. The summed E-state index contributed by atoms with van der Waals surface area (Å²) in [6.07, 6.45) is 1.75. The Morgan fingerprint density at radius 3 is 2.38 bits per heavy atom. The van der Waals surface area contributed by atoms with E-state index in [4.69, 9.17) is 11.6 Å². The van der Waals surface area contributed by atoms with Gasteiger partial charge in [-0.15, -0.1) is 0 Å². The summed E-state index contributed by atoms with van der Waals surface area (Å²) >= 11 is 5.86. The molecule has 1 fully saturated rings. The summed E-state index contributed by atoms with van der Waals surface area (Å²) in [7, 11) is 0. The molecule has 136 valence electrons. The molecule has 5 nitrogen and oxygen atoms in total. The summed E-state index contributed by atoms with van der Waals surface area (Å²) in [5.41, 5.74) is 1.21. The summed E-state index contributed by atoms with van der Waals surface area (Å²) in [5, 5.41) is 13.4. The van der Waals surface area contributed by atoms with Crippen molar-refractivity contribution in [2.75, 3.05) is 13.1 Å². The molecule has 6 heteroatoms. The van der Waals surface area contributed by atoms with Crippen LogP contribution in [0.1, 0.15) is 28.8 Å². The highest BCUT2D eigenvalue weighted by Crippen LogP contribution is 2.18. The van der Waals surface area contributed by atoms with E-state index in [1.807, 2.05) is 17.0 Å². The Hall–Kier alpha value is -2.53. The summed E-state index contributed by atoms with van der Waals surface area (Å²) in [6, 6.07) is 13.8. The normalized spacial score (nSPS) is 14.9. The Labute approximate surface area is 157 Å². The molecule has 0 atom stereocenters. The Bertz CT molecular complexity index is 784. The van der Waals surface area contributed by atoms with E-state index in [0.29, 0.717) is 37.4 Å². The van der Waals surface area contributed by atoms with E-state index in [-0.39, 0.29) is 29.2 Å². The number of piperidine rings is 1. The SMILES string of the molecule is O=C(NC1CCN(C(=O)Cc2ccc(Cl)cc2)CC1)c1ccccc1O. The fourth-order valence-corrected chi connectivity index (χ4v) is 3.22. The first-order chi connectivity index (χ1) is 12.5. The predicted octanol–water partition coefficient (Wildman–Crippen LogP) is 3.01. The van der Waals surface area contributed by atoms with E-state index in [0.717, 1.165) is 5.56 Å². The van der Waals surface area contributed by atoms with Crippen LogP contribution in [-0.2, 0) is 11.2 Å². The first-order valence-corrected chi connectivity index (χ1v) is 9.02. The maximum absolute atomic E-state index is 12.4. The van der Waals surface area contributed by atoms with Gasteiger partial charge >= 0.3 is 0 Å². The zero-order valence-electron chi connectivity index (χ0n) is 14.3. The van der Waals surface area contributed by atoms with E-state index in [1.165, 1.54) is 6.07 Å². The first-order valence-electron chi connectivity index (χ1n) is 8.64. The molecule has 3 rings (SSSR count). The standard InChI is InChI=1S/C20H21ClN2O3/c21-15-7-5-14(6-8-15)13-19(25)23-11-9-16(10-12-23)22-20(26)17-3-1-2-4-18(17)24/h1-8,16,24H,9-13H2,(H,22,26). The lowest BCUT2D eigenvalue weighted by molar-refractivity contribution is -0.131. The minimum atomic E-state index is -0.283. The van der Waals surface area contributed by atoms with Crippen molar-refractivity contribution in [3.8, 4) is 5.75 Å². The lowest BCUT2D eigenvalue weighted by Gasteiger charge is -2.32. The van der Waals surface area contributed by atoms with Gasteiger partial charge in [-0.3, -0.25) is 9.59 Å². The topological polar surface area (TPSA) is 69.6 Å². The minimum absolute atomic E-state index is 0.00156. The molecule has 2 aromatic carbocycles.